The van der Waals surface area contributed by atoms with E-state index in [9.17, 15) is 4.79 Å². The number of amides is 1. The molecule has 2 N–H and O–H groups in total. The Morgan fingerprint density at radius 2 is 1.73 bits per heavy atom. The summed E-state index contributed by atoms with van der Waals surface area (Å²) in [6.45, 7) is 5.92. The number of para-hydroxylation sites is 1. The van der Waals surface area contributed by atoms with E-state index in [-0.39, 0.29) is 0 Å². The molecule has 26 heavy (non-hydrogen) atoms. The fraction of sp³-hybridized carbons (Fsp3) is 0.400. The summed E-state index contributed by atoms with van der Waals surface area (Å²) in [4.78, 5) is 23.3. The lowest BCUT2D eigenvalue weighted by atomic mass is 10.1. The molecular weight excluding hydrogens is 326 g/mol. The van der Waals surface area contributed by atoms with Crippen LogP contribution in [0.5, 0.6) is 0 Å². The maximum Gasteiger partial charge on any atom is 0.252 e. The zero-order valence-electron chi connectivity index (χ0n) is 14.9. The second-order valence-electron chi connectivity index (χ2n) is 6.99. The van der Waals surface area contributed by atoms with Crippen molar-refractivity contribution in [3.63, 3.8) is 0 Å². The van der Waals surface area contributed by atoms with Gasteiger partial charge >= 0.3 is 0 Å². The van der Waals surface area contributed by atoms with E-state index in [1.807, 2.05) is 0 Å². The number of anilines is 2. The van der Waals surface area contributed by atoms with Gasteiger partial charge in [0.05, 0.1) is 5.56 Å². The number of aromatic nitrogens is 1. The van der Waals surface area contributed by atoms with Crippen LogP contribution >= 0.6 is 0 Å². The molecule has 4 rings (SSSR count). The Morgan fingerprint density at radius 1 is 0.962 bits per heavy atom. The lowest BCUT2D eigenvalue weighted by Crippen LogP contribution is -2.51. The molecule has 1 atom stereocenters. The van der Waals surface area contributed by atoms with Crippen molar-refractivity contribution in [1.82, 2.24) is 9.88 Å². The first-order chi connectivity index (χ1) is 12.7. The summed E-state index contributed by atoms with van der Waals surface area (Å²) in [7, 11) is 0. The lowest BCUT2D eigenvalue weighted by molar-refractivity contribution is 0.1000. The van der Waals surface area contributed by atoms with Crippen molar-refractivity contribution < 1.29 is 4.79 Å². The first-order valence-corrected chi connectivity index (χ1v) is 9.26. The molecule has 6 heteroatoms. The first kappa shape index (κ1) is 16.8. The summed E-state index contributed by atoms with van der Waals surface area (Å²) in [5.41, 5.74) is 7.32. The molecule has 2 saturated heterocycles. The Labute approximate surface area is 154 Å². The van der Waals surface area contributed by atoms with Gasteiger partial charge in [-0.25, -0.2) is 4.98 Å². The summed E-state index contributed by atoms with van der Waals surface area (Å²) < 4.78 is 0. The topological polar surface area (TPSA) is 65.7 Å². The van der Waals surface area contributed by atoms with Crippen LogP contribution in [0.4, 0.5) is 11.5 Å². The van der Waals surface area contributed by atoms with E-state index >= 15 is 0 Å². The minimum atomic E-state index is -0.412. The maximum absolute atomic E-state index is 11.6. The van der Waals surface area contributed by atoms with Crippen molar-refractivity contribution in [1.29, 1.82) is 0 Å². The molecule has 2 aromatic rings. The van der Waals surface area contributed by atoms with Crippen LogP contribution in [0.3, 0.4) is 0 Å². The first-order valence-electron chi connectivity index (χ1n) is 9.26. The second kappa shape index (κ2) is 7.33. The largest absolute Gasteiger partial charge is 0.370 e. The number of nitrogens with two attached hydrogens (primary N) is 1. The quantitative estimate of drug-likeness (QED) is 0.906. The third kappa shape index (κ3) is 3.37. The standard InChI is InChI=1S/C20H25N5O/c21-19(26)18-7-4-9-22-20(18)24-13-11-23(12-14-24)17-8-10-25(15-17)16-5-2-1-3-6-16/h1-7,9,17H,8,10-15H2,(H2,21,26). The Kier molecular flexibility index (Phi) is 4.75. The van der Waals surface area contributed by atoms with Crippen LogP contribution in [0.25, 0.3) is 0 Å². The van der Waals surface area contributed by atoms with Crippen LogP contribution in [-0.2, 0) is 0 Å². The minimum Gasteiger partial charge on any atom is -0.370 e. The molecular formula is C20H25N5O. The Morgan fingerprint density at radius 3 is 2.46 bits per heavy atom. The predicted molar refractivity (Wildman–Crippen MR) is 104 cm³/mol. The van der Waals surface area contributed by atoms with Gasteiger partial charge in [-0.2, -0.15) is 0 Å². The van der Waals surface area contributed by atoms with E-state index in [2.05, 4.69) is 50.0 Å². The normalized spacial score (nSPS) is 21.2. The fourth-order valence-corrected chi connectivity index (χ4v) is 4.05. The molecule has 1 amide bonds. The fourth-order valence-electron chi connectivity index (χ4n) is 4.05. The van der Waals surface area contributed by atoms with E-state index in [0.29, 0.717) is 11.6 Å². The number of rotatable bonds is 4. The van der Waals surface area contributed by atoms with Gasteiger partial charge in [-0.05, 0) is 30.7 Å². The number of carbonyl (C=O) groups is 1. The molecule has 0 spiro atoms. The minimum absolute atomic E-state index is 0.412. The lowest BCUT2D eigenvalue weighted by Gasteiger charge is -2.39. The van der Waals surface area contributed by atoms with Crippen molar-refractivity contribution >= 4 is 17.4 Å². The SMILES string of the molecule is NC(=O)c1cccnc1N1CCN(C2CCN(c3ccccc3)C2)CC1. The Hall–Kier alpha value is -2.60. The van der Waals surface area contributed by atoms with Crippen LogP contribution in [0.2, 0.25) is 0 Å². The summed E-state index contributed by atoms with van der Waals surface area (Å²) in [5, 5.41) is 0. The number of hydrogen-bond donors (Lipinski definition) is 1. The van der Waals surface area contributed by atoms with E-state index in [4.69, 9.17) is 5.73 Å². The monoisotopic (exact) mass is 351 g/mol. The average Bonchev–Trinajstić information content (AvgIpc) is 3.19. The van der Waals surface area contributed by atoms with Gasteiger partial charge in [-0.3, -0.25) is 9.69 Å². The number of carbonyl (C=O) groups excluding carboxylic acids is 1. The average molecular weight is 351 g/mol. The van der Waals surface area contributed by atoms with E-state index in [0.717, 1.165) is 45.1 Å². The summed E-state index contributed by atoms with van der Waals surface area (Å²) in [5.74, 6) is 0.307. The number of benzene rings is 1. The molecule has 0 radical (unpaired) electrons. The molecule has 1 aromatic carbocycles. The molecule has 2 fully saturated rings. The second-order valence-corrected chi connectivity index (χ2v) is 6.99. The molecule has 0 bridgehead atoms. The molecule has 136 valence electrons. The van der Waals surface area contributed by atoms with Crippen molar-refractivity contribution in [2.75, 3.05) is 49.1 Å². The molecule has 2 aliphatic heterocycles. The van der Waals surface area contributed by atoms with Crippen molar-refractivity contribution in [3.8, 4) is 0 Å². The molecule has 0 aliphatic carbocycles. The van der Waals surface area contributed by atoms with Gasteiger partial charge < -0.3 is 15.5 Å². The highest BCUT2D eigenvalue weighted by molar-refractivity contribution is 5.97. The molecule has 6 nitrogen and oxygen atoms in total. The van der Waals surface area contributed by atoms with Gasteiger partial charge in [0.1, 0.15) is 5.82 Å². The number of hydrogen-bond acceptors (Lipinski definition) is 5. The highest BCUT2D eigenvalue weighted by atomic mass is 16.1. The molecule has 3 heterocycles. The molecule has 1 unspecified atom stereocenters. The number of nitrogens with zero attached hydrogens (tertiary/aromatic N) is 4. The highest BCUT2D eigenvalue weighted by Crippen LogP contribution is 2.25. The summed E-state index contributed by atoms with van der Waals surface area (Å²) >= 11 is 0. The highest BCUT2D eigenvalue weighted by Gasteiger charge is 2.31. The van der Waals surface area contributed by atoms with E-state index in [1.165, 1.54) is 12.1 Å². The van der Waals surface area contributed by atoms with Crippen molar-refractivity contribution in [3.05, 3.63) is 54.2 Å². The van der Waals surface area contributed by atoms with Gasteiger partial charge in [0, 0.05) is 57.2 Å². The summed E-state index contributed by atoms with van der Waals surface area (Å²) in [6.07, 6.45) is 2.92. The smallest absolute Gasteiger partial charge is 0.252 e. The number of primary amides is 1. The van der Waals surface area contributed by atoms with Gasteiger partial charge in [-0.1, -0.05) is 18.2 Å². The van der Waals surface area contributed by atoms with Gasteiger partial charge in [0.15, 0.2) is 0 Å². The zero-order chi connectivity index (χ0) is 17.9. The number of pyridine rings is 1. The van der Waals surface area contributed by atoms with Gasteiger partial charge in [0.2, 0.25) is 0 Å². The van der Waals surface area contributed by atoms with Crippen molar-refractivity contribution in [2.45, 2.75) is 12.5 Å². The van der Waals surface area contributed by atoms with Crippen LogP contribution in [0, 0.1) is 0 Å². The van der Waals surface area contributed by atoms with Crippen LogP contribution in [0.1, 0.15) is 16.8 Å². The zero-order valence-corrected chi connectivity index (χ0v) is 14.9. The van der Waals surface area contributed by atoms with E-state index in [1.54, 1.807) is 18.3 Å². The maximum atomic E-state index is 11.6. The van der Waals surface area contributed by atoms with Gasteiger partial charge in [0.25, 0.3) is 5.91 Å². The van der Waals surface area contributed by atoms with Gasteiger partial charge in [-0.15, -0.1) is 0 Å². The number of piperazine rings is 1. The Bertz CT molecular complexity index is 758. The van der Waals surface area contributed by atoms with Crippen LogP contribution in [0.15, 0.2) is 48.7 Å². The van der Waals surface area contributed by atoms with Crippen molar-refractivity contribution in [2.24, 2.45) is 5.73 Å². The summed E-state index contributed by atoms with van der Waals surface area (Å²) in [6, 6.07) is 14.8. The third-order valence-electron chi connectivity index (χ3n) is 5.47. The Balaban J connectivity index is 1.37. The third-order valence-corrected chi connectivity index (χ3v) is 5.47. The predicted octanol–water partition coefficient (Wildman–Crippen LogP) is 1.58. The van der Waals surface area contributed by atoms with Crippen LogP contribution < -0.4 is 15.5 Å². The molecule has 1 aromatic heterocycles. The van der Waals surface area contributed by atoms with E-state index < -0.39 is 5.91 Å². The molecule has 2 aliphatic rings. The van der Waals surface area contributed by atoms with Crippen LogP contribution in [-0.4, -0.2) is 61.1 Å². The molecule has 0 saturated carbocycles.